The molecule has 2 amide bonds. The van der Waals surface area contributed by atoms with Gasteiger partial charge >= 0.3 is 0 Å². The third-order valence-electron chi connectivity index (χ3n) is 4.16. The Hall–Kier alpha value is -3.91. The van der Waals surface area contributed by atoms with Crippen molar-refractivity contribution < 1.29 is 18.7 Å². The van der Waals surface area contributed by atoms with Crippen LogP contribution in [0.4, 0.5) is 4.39 Å². The second-order valence-corrected chi connectivity index (χ2v) is 5.93. The van der Waals surface area contributed by atoms with E-state index in [2.05, 4.69) is 22.3 Å². The topological polar surface area (TPSA) is 95.3 Å². The zero-order valence-corrected chi connectivity index (χ0v) is 15.1. The van der Waals surface area contributed by atoms with E-state index in [1.165, 1.54) is 25.4 Å². The number of carbonyl (C=O) groups is 2. The maximum Gasteiger partial charge on any atom is 0.258 e. The lowest BCUT2D eigenvalue weighted by molar-refractivity contribution is -0.131. The summed E-state index contributed by atoms with van der Waals surface area (Å²) < 4.78 is 19.9. The van der Waals surface area contributed by atoms with E-state index in [-0.39, 0.29) is 17.9 Å². The number of rotatable bonds is 4. The van der Waals surface area contributed by atoms with Crippen molar-refractivity contribution >= 4 is 11.8 Å². The maximum atomic E-state index is 14.7. The summed E-state index contributed by atoms with van der Waals surface area (Å²) in [6, 6.07) is 7.73. The van der Waals surface area contributed by atoms with Crippen LogP contribution in [0.15, 0.2) is 30.5 Å². The predicted octanol–water partition coefficient (Wildman–Crippen LogP) is 1.63. The highest BCUT2D eigenvalue weighted by atomic mass is 19.1. The van der Waals surface area contributed by atoms with Crippen LogP contribution in [0.25, 0.3) is 0 Å². The number of aromatic nitrogens is 1. The van der Waals surface area contributed by atoms with E-state index < -0.39 is 23.5 Å². The predicted molar refractivity (Wildman–Crippen MR) is 95.9 cm³/mol. The fourth-order valence-electron chi connectivity index (χ4n) is 2.90. The number of hydrogen-bond donors (Lipinski definition) is 1. The highest BCUT2D eigenvalue weighted by molar-refractivity contribution is 6.10. The minimum atomic E-state index is -1.38. The van der Waals surface area contributed by atoms with E-state index >= 15 is 0 Å². The highest BCUT2D eigenvalue weighted by Gasteiger charge is 2.43. The Balaban J connectivity index is 1.91. The monoisotopic (exact) mass is 378 g/mol. The van der Waals surface area contributed by atoms with E-state index in [1.807, 2.05) is 6.07 Å². The number of hydrogen-bond acceptors (Lipinski definition) is 5. The quantitative estimate of drug-likeness (QED) is 0.645. The molecular formula is C20H15FN4O3. The number of amides is 2. The molecule has 0 radical (unpaired) electrons. The van der Waals surface area contributed by atoms with E-state index in [9.17, 15) is 14.0 Å². The molecule has 3 rings (SSSR count). The zero-order chi connectivity index (χ0) is 20.3. The molecule has 2 aromatic rings. The van der Waals surface area contributed by atoms with Crippen molar-refractivity contribution in [1.29, 1.82) is 5.26 Å². The normalized spacial score (nSPS) is 15.5. The number of nitrogens with one attached hydrogen (secondary N) is 1. The molecule has 1 aliphatic heterocycles. The molecule has 8 heteroatoms. The molecule has 1 aromatic carbocycles. The second kappa shape index (κ2) is 7.77. The van der Waals surface area contributed by atoms with E-state index in [4.69, 9.17) is 10.00 Å². The first-order chi connectivity index (χ1) is 13.5. The average Bonchev–Trinajstić information content (AvgIpc) is 2.95. The van der Waals surface area contributed by atoms with Crippen molar-refractivity contribution in [2.45, 2.75) is 19.4 Å². The first kappa shape index (κ1) is 18.9. The number of ether oxygens (including phenoxy) is 1. The molecule has 1 atom stereocenters. The van der Waals surface area contributed by atoms with Gasteiger partial charge in [0.1, 0.15) is 17.6 Å². The van der Waals surface area contributed by atoms with Gasteiger partial charge in [-0.1, -0.05) is 5.92 Å². The van der Waals surface area contributed by atoms with Crippen LogP contribution in [-0.2, 0) is 16.1 Å². The number of carbonyl (C=O) groups excluding carboxylic acids is 2. The first-order valence-corrected chi connectivity index (χ1v) is 8.25. The van der Waals surface area contributed by atoms with Gasteiger partial charge in [-0.3, -0.25) is 20.0 Å². The summed E-state index contributed by atoms with van der Waals surface area (Å²) in [5.74, 6) is 2.04. The molecule has 7 nitrogen and oxygen atoms in total. The van der Waals surface area contributed by atoms with Crippen LogP contribution in [0.5, 0.6) is 5.75 Å². The van der Waals surface area contributed by atoms with Crippen LogP contribution < -0.4 is 10.2 Å². The van der Waals surface area contributed by atoms with Crippen molar-refractivity contribution in [3.8, 4) is 23.7 Å². The van der Waals surface area contributed by atoms with E-state index in [0.29, 0.717) is 16.8 Å². The van der Waals surface area contributed by atoms with Crippen LogP contribution in [0.1, 0.15) is 35.2 Å². The Morgan fingerprint density at radius 1 is 1.32 bits per heavy atom. The Morgan fingerprint density at radius 2 is 2.11 bits per heavy atom. The fourth-order valence-corrected chi connectivity index (χ4v) is 2.90. The van der Waals surface area contributed by atoms with Gasteiger partial charge in [0.25, 0.3) is 11.8 Å². The van der Waals surface area contributed by atoms with Crippen molar-refractivity contribution in [3.63, 3.8) is 0 Å². The minimum absolute atomic E-state index is 0.0177. The number of benzene rings is 1. The van der Waals surface area contributed by atoms with Crippen LogP contribution in [0, 0.1) is 29.0 Å². The minimum Gasteiger partial charge on any atom is -0.496 e. The number of pyridine rings is 1. The summed E-state index contributed by atoms with van der Waals surface area (Å²) in [6.45, 7) is 1.59. The van der Waals surface area contributed by atoms with Gasteiger partial charge in [0.15, 0.2) is 5.92 Å². The Kier molecular flexibility index (Phi) is 5.23. The Morgan fingerprint density at radius 3 is 2.71 bits per heavy atom. The molecule has 1 fully saturated rings. The SMILES string of the molecule is CC#Cc1cc(F)c(C2C(=O)NN(Cc3ccc(C#N)cn3)C2=O)c(OC)c1. The van der Waals surface area contributed by atoms with Crippen LogP contribution in [-0.4, -0.2) is 28.9 Å². The van der Waals surface area contributed by atoms with Gasteiger partial charge in [-0.05, 0) is 31.2 Å². The summed E-state index contributed by atoms with van der Waals surface area (Å²) in [5, 5.41) is 9.88. The lowest BCUT2D eigenvalue weighted by atomic mass is 9.95. The molecule has 28 heavy (non-hydrogen) atoms. The molecule has 0 bridgehead atoms. The second-order valence-electron chi connectivity index (χ2n) is 5.93. The van der Waals surface area contributed by atoms with Gasteiger partial charge in [-0.15, -0.1) is 5.92 Å². The van der Waals surface area contributed by atoms with Crippen LogP contribution in [0.3, 0.4) is 0 Å². The zero-order valence-electron chi connectivity index (χ0n) is 15.1. The van der Waals surface area contributed by atoms with Crippen molar-refractivity contribution in [2.24, 2.45) is 0 Å². The molecule has 1 aliphatic rings. The van der Waals surface area contributed by atoms with Crippen molar-refractivity contribution in [3.05, 3.63) is 58.7 Å². The molecular weight excluding hydrogens is 363 g/mol. The van der Waals surface area contributed by atoms with E-state index in [0.717, 1.165) is 5.01 Å². The highest BCUT2D eigenvalue weighted by Crippen LogP contribution is 2.34. The van der Waals surface area contributed by atoms with Crippen LogP contribution in [0.2, 0.25) is 0 Å². The molecule has 1 saturated heterocycles. The Labute approximate surface area is 160 Å². The summed E-state index contributed by atoms with van der Waals surface area (Å²) in [4.78, 5) is 29.3. The number of halogens is 1. The molecule has 1 N–H and O–H groups in total. The summed E-state index contributed by atoms with van der Waals surface area (Å²) >= 11 is 0. The fraction of sp³-hybridized carbons (Fsp3) is 0.200. The molecule has 1 unspecified atom stereocenters. The largest absolute Gasteiger partial charge is 0.496 e. The maximum absolute atomic E-state index is 14.7. The Bertz CT molecular complexity index is 1050. The van der Waals surface area contributed by atoms with Crippen molar-refractivity contribution in [2.75, 3.05) is 7.11 Å². The number of nitrogens with zero attached hydrogens (tertiary/aromatic N) is 3. The first-order valence-electron chi connectivity index (χ1n) is 8.25. The molecule has 140 valence electrons. The molecule has 0 spiro atoms. The average molecular weight is 378 g/mol. The van der Waals surface area contributed by atoms with Gasteiger partial charge in [0.05, 0.1) is 30.5 Å². The van der Waals surface area contributed by atoms with Gasteiger partial charge in [-0.2, -0.15) is 5.26 Å². The third kappa shape index (κ3) is 3.49. The van der Waals surface area contributed by atoms with Gasteiger partial charge < -0.3 is 4.74 Å². The summed E-state index contributed by atoms with van der Waals surface area (Å²) in [6.07, 6.45) is 1.37. The van der Waals surface area contributed by atoms with E-state index in [1.54, 1.807) is 19.1 Å². The number of nitriles is 1. The van der Waals surface area contributed by atoms with Gasteiger partial charge in [0, 0.05) is 11.8 Å². The number of methoxy groups -OCH3 is 1. The lowest BCUT2D eigenvalue weighted by Gasteiger charge is -2.16. The molecule has 2 heterocycles. The molecule has 0 saturated carbocycles. The lowest BCUT2D eigenvalue weighted by Crippen LogP contribution is -2.35. The summed E-state index contributed by atoms with van der Waals surface area (Å²) in [5.41, 5.74) is 3.52. The summed E-state index contributed by atoms with van der Waals surface area (Å²) in [7, 11) is 1.33. The molecule has 1 aromatic heterocycles. The van der Waals surface area contributed by atoms with Crippen molar-refractivity contribution in [1.82, 2.24) is 15.4 Å². The third-order valence-corrected chi connectivity index (χ3v) is 4.16. The van der Waals surface area contributed by atoms with Gasteiger partial charge in [-0.25, -0.2) is 9.40 Å². The molecule has 0 aliphatic carbocycles. The number of hydrazine groups is 1. The van der Waals surface area contributed by atoms with Crippen LogP contribution >= 0.6 is 0 Å². The van der Waals surface area contributed by atoms with Gasteiger partial charge in [0.2, 0.25) is 0 Å². The standard InChI is InChI=1S/C20H15FN4O3/c1-3-4-12-7-15(21)17(16(8-12)28-2)18-19(26)24-25(20(18)27)11-14-6-5-13(9-22)10-23-14/h5-8,10,18H,11H2,1-2H3,(H,24,26). The smallest absolute Gasteiger partial charge is 0.258 e.